The van der Waals surface area contributed by atoms with E-state index in [-0.39, 0.29) is 12.5 Å². The Morgan fingerprint density at radius 2 is 1.84 bits per heavy atom. The summed E-state index contributed by atoms with van der Waals surface area (Å²) in [6.45, 7) is 2.62. The van der Waals surface area contributed by atoms with Crippen molar-refractivity contribution in [1.29, 1.82) is 0 Å². The largest absolute Gasteiger partial charge is 0.486 e. The molecular formula is C25H23N5O2. The molecule has 3 aromatic heterocycles. The first-order chi connectivity index (χ1) is 15.6. The van der Waals surface area contributed by atoms with Crippen LogP contribution in [0.2, 0.25) is 0 Å². The third kappa shape index (κ3) is 3.69. The van der Waals surface area contributed by atoms with Crippen molar-refractivity contribution in [3.63, 3.8) is 0 Å². The van der Waals surface area contributed by atoms with Gasteiger partial charge in [0.05, 0.1) is 28.8 Å². The number of pyridine rings is 1. The highest BCUT2D eigenvalue weighted by molar-refractivity contribution is 5.96. The summed E-state index contributed by atoms with van der Waals surface area (Å²) in [5.41, 5.74) is 5.22. The number of imidazole rings is 2. The Bertz CT molecular complexity index is 1430. The van der Waals surface area contributed by atoms with Gasteiger partial charge in [-0.05, 0) is 42.8 Å². The molecule has 32 heavy (non-hydrogen) atoms. The second-order valence-electron chi connectivity index (χ2n) is 7.70. The zero-order chi connectivity index (χ0) is 22.1. The molecule has 2 aromatic carbocycles. The fourth-order valence-electron chi connectivity index (χ4n) is 3.81. The highest BCUT2D eigenvalue weighted by Gasteiger charge is 2.15. The third-order valence-electron chi connectivity index (χ3n) is 5.52. The van der Waals surface area contributed by atoms with E-state index in [0.717, 1.165) is 33.8 Å². The number of rotatable bonds is 6. The molecular weight excluding hydrogens is 402 g/mol. The number of nitrogens with one attached hydrogen (secondary N) is 1. The smallest absolute Gasteiger partial charge is 0.255 e. The van der Waals surface area contributed by atoms with Crippen molar-refractivity contribution in [2.75, 3.05) is 0 Å². The van der Waals surface area contributed by atoms with E-state index in [1.54, 1.807) is 12.1 Å². The summed E-state index contributed by atoms with van der Waals surface area (Å²) in [5.74, 6) is 1.10. The van der Waals surface area contributed by atoms with Crippen LogP contribution in [-0.4, -0.2) is 24.8 Å². The molecule has 1 N–H and O–H groups in total. The Morgan fingerprint density at radius 3 is 2.69 bits per heavy atom. The number of hydrogen-bond donors (Lipinski definition) is 1. The number of fused-ring (bicyclic) bond motifs is 2. The second kappa shape index (κ2) is 8.19. The molecule has 0 saturated heterocycles. The lowest BCUT2D eigenvalue weighted by atomic mass is 10.2. The Balaban J connectivity index is 1.30. The lowest BCUT2D eigenvalue weighted by molar-refractivity contribution is 0.0945. The van der Waals surface area contributed by atoms with Crippen LogP contribution in [0.1, 0.15) is 27.4 Å². The minimum Gasteiger partial charge on any atom is -0.486 e. The summed E-state index contributed by atoms with van der Waals surface area (Å²) in [5, 5.41) is 2.96. The molecule has 0 radical (unpaired) electrons. The van der Waals surface area contributed by atoms with Gasteiger partial charge in [-0.1, -0.05) is 30.3 Å². The van der Waals surface area contributed by atoms with E-state index in [1.165, 1.54) is 0 Å². The molecule has 0 aliphatic rings. The van der Waals surface area contributed by atoms with E-state index in [4.69, 9.17) is 4.74 Å². The standard InChI is InChI=1S/C25H23N5O2/c1-17-8-7-13-30-15-18(27-24(17)30)16-32-22-12-6-3-9-19(22)25(31)26-14-23-28-20-10-4-5-11-21(20)29(23)2/h3-13,15H,14,16H2,1-2H3,(H,26,31). The van der Waals surface area contributed by atoms with E-state index < -0.39 is 0 Å². The molecule has 7 nitrogen and oxygen atoms in total. The SMILES string of the molecule is Cc1cccn2cc(COc3ccccc3C(=O)NCc3nc4ccccc4n3C)nc12. The van der Waals surface area contributed by atoms with Crippen LogP contribution < -0.4 is 10.1 Å². The van der Waals surface area contributed by atoms with Crippen molar-refractivity contribution in [2.24, 2.45) is 7.05 Å². The number of carbonyl (C=O) groups is 1. The summed E-state index contributed by atoms with van der Waals surface area (Å²) in [6, 6.07) is 19.1. The molecule has 5 rings (SSSR count). The van der Waals surface area contributed by atoms with Gasteiger partial charge in [-0.3, -0.25) is 4.79 Å². The molecule has 0 saturated carbocycles. The number of ether oxygens (including phenoxy) is 1. The minimum absolute atomic E-state index is 0.210. The van der Waals surface area contributed by atoms with Crippen LogP contribution in [0.3, 0.4) is 0 Å². The van der Waals surface area contributed by atoms with Gasteiger partial charge in [0.15, 0.2) is 0 Å². The summed E-state index contributed by atoms with van der Waals surface area (Å²) in [6.07, 6.45) is 3.90. The minimum atomic E-state index is -0.210. The molecule has 3 heterocycles. The number of para-hydroxylation sites is 3. The van der Waals surface area contributed by atoms with Crippen LogP contribution in [0.25, 0.3) is 16.7 Å². The van der Waals surface area contributed by atoms with Gasteiger partial charge in [-0.2, -0.15) is 0 Å². The van der Waals surface area contributed by atoms with Gasteiger partial charge in [0.2, 0.25) is 0 Å². The van der Waals surface area contributed by atoms with Crippen molar-refractivity contribution in [2.45, 2.75) is 20.1 Å². The molecule has 0 spiro atoms. The molecule has 0 fully saturated rings. The Hall–Kier alpha value is -4.13. The van der Waals surface area contributed by atoms with Crippen LogP contribution in [0.15, 0.2) is 73.1 Å². The van der Waals surface area contributed by atoms with E-state index >= 15 is 0 Å². The van der Waals surface area contributed by atoms with Gasteiger partial charge >= 0.3 is 0 Å². The fraction of sp³-hybridized carbons (Fsp3) is 0.160. The number of aryl methyl sites for hydroxylation is 2. The molecule has 0 atom stereocenters. The van der Waals surface area contributed by atoms with Gasteiger partial charge in [-0.25, -0.2) is 9.97 Å². The van der Waals surface area contributed by atoms with Crippen LogP contribution in [0.5, 0.6) is 5.75 Å². The maximum absolute atomic E-state index is 12.9. The second-order valence-corrected chi connectivity index (χ2v) is 7.70. The summed E-state index contributed by atoms with van der Waals surface area (Å²) in [4.78, 5) is 22.2. The Kier molecular flexibility index (Phi) is 5.07. The number of benzene rings is 2. The number of nitrogens with zero attached hydrogens (tertiary/aromatic N) is 4. The maximum Gasteiger partial charge on any atom is 0.255 e. The van der Waals surface area contributed by atoms with Crippen molar-refractivity contribution in [1.82, 2.24) is 24.3 Å². The first kappa shape index (κ1) is 19.8. The van der Waals surface area contributed by atoms with Crippen LogP contribution in [-0.2, 0) is 20.2 Å². The van der Waals surface area contributed by atoms with Crippen molar-refractivity contribution >= 4 is 22.6 Å². The number of amides is 1. The molecule has 0 aliphatic heterocycles. The first-order valence-electron chi connectivity index (χ1n) is 10.4. The molecule has 1 amide bonds. The van der Waals surface area contributed by atoms with E-state index in [2.05, 4.69) is 15.3 Å². The lowest BCUT2D eigenvalue weighted by Crippen LogP contribution is -2.25. The van der Waals surface area contributed by atoms with Crippen LogP contribution in [0, 0.1) is 6.92 Å². The number of hydrogen-bond acceptors (Lipinski definition) is 4. The van der Waals surface area contributed by atoms with Gasteiger partial charge in [0.1, 0.15) is 23.8 Å². The average Bonchev–Trinajstić information content (AvgIpc) is 3.38. The Morgan fingerprint density at radius 1 is 1.03 bits per heavy atom. The van der Waals surface area contributed by atoms with Gasteiger partial charge in [0.25, 0.3) is 5.91 Å². The zero-order valence-electron chi connectivity index (χ0n) is 17.9. The number of carbonyl (C=O) groups excluding carboxylic acids is 1. The third-order valence-corrected chi connectivity index (χ3v) is 5.52. The first-order valence-corrected chi connectivity index (χ1v) is 10.4. The van der Waals surface area contributed by atoms with Gasteiger partial charge in [0, 0.05) is 19.4 Å². The molecule has 0 aliphatic carbocycles. The topological polar surface area (TPSA) is 73.5 Å². The van der Waals surface area contributed by atoms with Gasteiger partial charge in [-0.15, -0.1) is 0 Å². The summed E-state index contributed by atoms with van der Waals surface area (Å²) >= 11 is 0. The number of aromatic nitrogens is 4. The molecule has 0 bridgehead atoms. The molecule has 0 unspecified atom stereocenters. The predicted octanol–water partition coefficient (Wildman–Crippen LogP) is 4.04. The van der Waals surface area contributed by atoms with Crippen molar-refractivity contribution in [3.05, 3.63) is 95.7 Å². The Labute approximate surface area is 185 Å². The van der Waals surface area contributed by atoms with Crippen LogP contribution in [0.4, 0.5) is 0 Å². The van der Waals surface area contributed by atoms with E-state index in [9.17, 15) is 4.79 Å². The van der Waals surface area contributed by atoms with Gasteiger partial charge < -0.3 is 19.0 Å². The normalized spacial score (nSPS) is 11.2. The highest BCUT2D eigenvalue weighted by atomic mass is 16.5. The van der Waals surface area contributed by atoms with Crippen molar-refractivity contribution < 1.29 is 9.53 Å². The predicted molar refractivity (Wildman–Crippen MR) is 123 cm³/mol. The lowest BCUT2D eigenvalue weighted by Gasteiger charge is -2.11. The zero-order valence-corrected chi connectivity index (χ0v) is 17.9. The monoisotopic (exact) mass is 425 g/mol. The average molecular weight is 425 g/mol. The van der Waals surface area contributed by atoms with E-state index in [0.29, 0.717) is 17.9 Å². The van der Waals surface area contributed by atoms with Crippen molar-refractivity contribution in [3.8, 4) is 5.75 Å². The fourth-order valence-corrected chi connectivity index (χ4v) is 3.81. The molecule has 7 heteroatoms. The maximum atomic E-state index is 12.9. The molecule has 5 aromatic rings. The summed E-state index contributed by atoms with van der Waals surface area (Å²) < 4.78 is 9.95. The molecule has 160 valence electrons. The highest BCUT2D eigenvalue weighted by Crippen LogP contribution is 2.20. The summed E-state index contributed by atoms with van der Waals surface area (Å²) in [7, 11) is 1.95. The van der Waals surface area contributed by atoms with Crippen LogP contribution >= 0.6 is 0 Å². The van der Waals surface area contributed by atoms with E-state index in [1.807, 2.05) is 83.9 Å². The quantitative estimate of drug-likeness (QED) is 0.446.